The van der Waals surface area contributed by atoms with E-state index in [2.05, 4.69) is 14.9 Å². The third kappa shape index (κ3) is 5.23. The molecular weight excluding hydrogens is 230 g/mol. The van der Waals surface area contributed by atoms with Crippen LogP contribution >= 0.6 is 0 Å². The van der Waals surface area contributed by atoms with Gasteiger partial charge in [0.25, 0.3) is 6.79 Å². The number of hydrazine groups is 1. The number of nitrogens with zero attached hydrogens (tertiary/aromatic N) is 3. The first kappa shape index (κ1) is 13.3. The van der Waals surface area contributed by atoms with Crippen molar-refractivity contribution in [2.45, 2.75) is 32.8 Å². The Morgan fingerprint density at radius 2 is 2.12 bits per heavy atom. The smallest absolute Gasteiger partial charge is 0.511 e. The Labute approximate surface area is 99.2 Å². The van der Waals surface area contributed by atoms with Gasteiger partial charge in [-0.05, 0) is 27.2 Å². The number of rotatable bonds is 4. The monoisotopic (exact) mass is 247 g/mol. The third-order valence-electron chi connectivity index (χ3n) is 1.82. The van der Waals surface area contributed by atoms with Gasteiger partial charge in [0.15, 0.2) is 0 Å². The van der Waals surface area contributed by atoms with E-state index in [1.807, 2.05) is 0 Å². The number of carbonyl (C=O) groups excluding carboxylic acids is 1. The van der Waals surface area contributed by atoms with E-state index in [-0.39, 0.29) is 0 Å². The zero-order chi connectivity index (χ0) is 12.9. The lowest BCUT2D eigenvalue weighted by molar-refractivity contribution is -0.723. The second-order valence-electron chi connectivity index (χ2n) is 4.50. The molecule has 0 aromatic carbocycles. The molecule has 0 spiro atoms. The van der Waals surface area contributed by atoms with Crippen LogP contribution in [0.1, 0.15) is 27.2 Å². The average Bonchev–Trinajstić information content (AvgIpc) is 2.06. The van der Waals surface area contributed by atoms with E-state index < -0.39 is 18.5 Å². The molecule has 0 amide bonds. The highest BCUT2D eigenvalue weighted by Gasteiger charge is 2.21. The van der Waals surface area contributed by atoms with Crippen molar-refractivity contribution in [3.05, 3.63) is 5.21 Å². The van der Waals surface area contributed by atoms with Gasteiger partial charge in [-0.15, -0.1) is 5.01 Å². The Kier molecular flexibility index (Phi) is 4.36. The van der Waals surface area contributed by atoms with Crippen LogP contribution in [0.15, 0.2) is 5.28 Å². The van der Waals surface area contributed by atoms with E-state index >= 15 is 0 Å². The Balaban J connectivity index is 2.13. The minimum atomic E-state index is -0.867. The summed E-state index contributed by atoms with van der Waals surface area (Å²) in [7, 11) is 0. The molecule has 1 rings (SSSR count). The fraction of sp³-hybridized carbons (Fsp3) is 0.889. The van der Waals surface area contributed by atoms with Crippen molar-refractivity contribution >= 4 is 6.16 Å². The summed E-state index contributed by atoms with van der Waals surface area (Å²) in [6, 6.07) is 0. The van der Waals surface area contributed by atoms with Gasteiger partial charge in [0.2, 0.25) is 5.28 Å². The molecule has 0 bridgehead atoms. The van der Waals surface area contributed by atoms with Gasteiger partial charge in [0.05, 0.1) is 18.1 Å². The molecule has 0 atom stereocenters. The molecule has 0 radical (unpaired) electrons. The van der Waals surface area contributed by atoms with E-state index in [1.165, 1.54) is 5.01 Å². The van der Waals surface area contributed by atoms with E-state index in [0.717, 1.165) is 6.42 Å². The van der Waals surface area contributed by atoms with Gasteiger partial charge in [-0.1, -0.05) is 0 Å². The summed E-state index contributed by atoms with van der Waals surface area (Å²) in [5.41, 5.74) is -0.629. The van der Waals surface area contributed by atoms with Crippen LogP contribution in [0.2, 0.25) is 0 Å². The van der Waals surface area contributed by atoms with Crippen LogP contribution in [0.4, 0.5) is 4.79 Å². The van der Waals surface area contributed by atoms with Gasteiger partial charge in [-0.3, -0.25) is 0 Å². The third-order valence-corrected chi connectivity index (χ3v) is 1.82. The fourth-order valence-electron chi connectivity index (χ4n) is 0.949. The second kappa shape index (κ2) is 5.55. The lowest BCUT2D eigenvalue weighted by Crippen LogP contribution is -2.42. The fourth-order valence-corrected chi connectivity index (χ4v) is 0.949. The molecule has 1 aliphatic heterocycles. The van der Waals surface area contributed by atoms with Crippen molar-refractivity contribution in [1.29, 1.82) is 0 Å². The van der Waals surface area contributed by atoms with Crippen LogP contribution in [0.3, 0.4) is 0 Å². The van der Waals surface area contributed by atoms with Crippen molar-refractivity contribution in [2.75, 3.05) is 19.9 Å². The van der Waals surface area contributed by atoms with Crippen LogP contribution in [0, 0.1) is 5.21 Å². The topological polar surface area (TPSA) is 86.4 Å². The van der Waals surface area contributed by atoms with Crippen molar-refractivity contribution in [3.63, 3.8) is 0 Å². The largest absolute Gasteiger partial charge is 0.569 e. The molecule has 1 fully saturated rings. The molecule has 1 saturated heterocycles. The maximum atomic E-state index is 11.1. The zero-order valence-corrected chi connectivity index (χ0v) is 10.2. The van der Waals surface area contributed by atoms with E-state index in [0.29, 0.717) is 18.1 Å². The first-order chi connectivity index (χ1) is 7.88. The number of carbonyl (C=O) groups is 1. The van der Waals surface area contributed by atoms with E-state index in [1.54, 1.807) is 20.8 Å². The van der Waals surface area contributed by atoms with Crippen LogP contribution in [-0.4, -0.2) is 41.6 Å². The summed E-state index contributed by atoms with van der Waals surface area (Å²) in [5.74, 6) is 0. The van der Waals surface area contributed by atoms with Crippen LogP contribution < -0.4 is 0 Å². The zero-order valence-electron chi connectivity index (χ0n) is 10.2. The number of hydrogen-bond donors (Lipinski definition) is 0. The van der Waals surface area contributed by atoms with Gasteiger partial charge in [0, 0.05) is 0 Å². The Bertz CT molecular complexity index is 295. The second-order valence-corrected chi connectivity index (χ2v) is 4.50. The minimum absolute atomic E-state index is 0.335. The molecule has 0 aromatic heterocycles. The highest BCUT2D eigenvalue weighted by molar-refractivity contribution is 5.60. The van der Waals surface area contributed by atoms with Crippen LogP contribution in [-0.2, 0) is 14.3 Å². The first-order valence-corrected chi connectivity index (χ1v) is 5.29. The first-order valence-electron chi connectivity index (χ1n) is 5.29. The quantitative estimate of drug-likeness (QED) is 0.186. The summed E-state index contributed by atoms with van der Waals surface area (Å²) < 4.78 is 9.38. The molecule has 1 heterocycles. The highest BCUT2D eigenvalue weighted by Crippen LogP contribution is 2.08. The highest BCUT2D eigenvalue weighted by atomic mass is 16.8. The lowest BCUT2D eigenvalue weighted by atomic mass is 10.2. The molecule has 17 heavy (non-hydrogen) atoms. The molecule has 0 aromatic rings. The molecule has 1 aliphatic rings. The normalized spacial score (nSPS) is 16.2. The molecule has 0 N–H and O–H groups in total. The molecule has 98 valence electrons. The van der Waals surface area contributed by atoms with Gasteiger partial charge < -0.3 is 19.5 Å². The molecule has 0 saturated carbocycles. The van der Waals surface area contributed by atoms with Gasteiger partial charge in [0.1, 0.15) is 5.60 Å². The summed E-state index contributed by atoms with van der Waals surface area (Å²) in [4.78, 5) is 15.9. The van der Waals surface area contributed by atoms with Crippen molar-refractivity contribution in [1.82, 2.24) is 5.01 Å². The molecular formula is C9H17N3O5. The summed E-state index contributed by atoms with van der Waals surface area (Å²) >= 11 is 0. The Morgan fingerprint density at radius 3 is 2.59 bits per heavy atom. The molecule has 0 unspecified atom stereocenters. The average molecular weight is 247 g/mol. The van der Waals surface area contributed by atoms with E-state index in [4.69, 9.17) is 4.74 Å². The number of ether oxygens (including phenoxy) is 2. The maximum Gasteiger partial charge on any atom is 0.511 e. The Morgan fingerprint density at radius 1 is 1.47 bits per heavy atom. The summed E-state index contributed by atoms with van der Waals surface area (Å²) in [6.07, 6.45) is 0.0944. The molecule has 8 nitrogen and oxygen atoms in total. The van der Waals surface area contributed by atoms with E-state index in [9.17, 15) is 10.0 Å². The number of hydrogen-bond acceptors (Lipinski definition) is 6. The molecule has 0 aliphatic carbocycles. The van der Waals surface area contributed by atoms with Crippen LogP contribution in [0.5, 0.6) is 0 Å². The summed E-state index contributed by atoms with van der Waals surface area (Å²) in [5, 5.41) is 15.7. The van der Waals surface area contributed by atoms with Crippen LogP contribution in [0.25, 0.3) is 0 Å². The summed E-state index contributed by atoms with van der Waals surface area (Å²) in [6.45, 7) is 5.99. The van der Waals surface area contributed by atoms with Gasteiger partial charge in [-0.25, -0.2) is 4.79 Å². The van der Waals surface area contributed by atoms with Gasteiger partial charge in [-0.2, -0.15) is 0 Å². The van der Waals surface area contributed by atoms with Crippen molar-refractivity contribution in [2.24, 2.45) is 5.28 Å². The SMILES string of the molecule is CC(C)(C)OC(=O)OCO/N=[N+](/[O-])N1CCC1. The van der Waals surface area contributed by atoms with Gasteiger partial charge >= 0.3 is 6.16 Å². The minimum Gasteiger partial charge on any atom is -0.569 e. The standard InChI is InChI=1S/C9H17N3O5/c1-9(2,3)17-8(13)15-7-16-10-12(14)11-5-4-6-11/h4-7H2,1-3H3/b12-10+. The molecule has 8 heteroatoms. The predicted molar refractivity (Wildman–Crippen MR) is 55.5 cm³/mol. The van der Waals surface area contributed by atoms with Crippen molar-refractivity contribution < 1.29 is 24.1 Å². The predicted octanol–water partition coefficient (Wildman–Crippen LogP) is 1.41. The van der Waals surface area contributed by atoms with Crippen molar-refractivity contribution in [3.8, 4) is 0 Å². The lowest BCUT2D eigenvalue weighted by Gasteiger charge is -2.24. The Hall–Kier alpha value is -1.73. The maximum absolute atomic E-state index is 11.1.